The van der Waals surface area contributed by atoms with E-state index in [2.05, 4.69) is 5.32 Å². The van der Waals surface area contributed by atoms with Gasteiger partial charge in [0.25, 0.3) is 0 Å². The van der Waals surface area contributed by atoms with Crippen molar-refractivity contribution in [3.8, 4) is 0 Å². The van der Waals surface area contributed by atoms with E-state index in [0.29, 0.717) is 5.56 Å². The Bertz CT molecular complexity index is 504. The Hall–Kier alpha value is -1.56. The number of aryl methyl sites for hydroxylation is 1. The molecule has 1 aromatic carbocycles. The molecule has 1 aromatic rings. The summed E-state index contributed by atoms with van der Waals surface area (Å²) in [5, 5.41) is 2.47. The molecule has 3 N–H and O–H groups in total. The van der Waals surface area contributed by atoms with Gasteiger partial charge in [-0.2, -0.15) is 13.2 Å². The highest BCUT2D eigenvalue weighted by molar-refractivity contribution is 5.95. The van der Waals surface area contributed by atoms with Gasteiger partial charge >= 0.3 is 6.18 Å². The van der Waals surface area contributed by atoms with Gasteiger partial charge in [-0.05, 0) is 30.0 Å². The highest BCUT2D eigenvalue weighted by Gasteiger charge is 2.32. The maximum atomic E-state index is 12.6. The molecule has 112 valence electrons. The first-order valence-corrected chi connectivity index (χ1v) is 6.17. The van der Waals surface area contributed by atoms with Crippen molar-refractivity contribution in [2.24, 2.45) is 11.1 Å². The van der Waals surface area contributed by atoms with Crippen LogP contribution in [0.4, 0.5) is 18.9 Å². The average molecular weight is 288 g/mol. The molecule has 1 rings (SSSR count). The van der Waals surface area contributed by atoms with Crippen LogP contribution in [0.5, 0.6) is 0 Å². The summed E-state index contributed by atoms with van der Waals surface area (Å²) in [6.45, 7) is 6.99. The standard InChI is InChI=1S/C14H19F3N2O/c1-8-5-6-9(14(15,16)17)7-10(8)19-12(20)11(18)13(2,3)4/h5-7,11H,18H2,1-4H3,(H,19,20)/t11-/m0/s1. The van der Waals surface area contributed by atoms with Gasteiger partial charge in [0.2, 0.25) is 5.91 Å². The highest BCUT2D eigenvalue weighted by Crippen LogP contribution is 2.32. The molecule has 0 aliphatic rings. The van der Waals surface area contributed by atoms with Crippen molar-refractivity contribution >= 4 is 11.6 Å². The van der Waals surface area contributed by atoms with Crippen LogP contribution in [0, 0.1) is 12.3 Å². The van der Waals surface area contributed by atoms with Crippen LogP contribution in [-0.2, 0) is 11.0 Å². The third-order valence-electron chi connectivity index (χ3n) is 3.04. The van der Waals surface area contributed by atoms with Crippen LogP contribution in [-0.4, -0.2) is 11.9 Å². The molecule has 0 saturated carbocycles. The van der Waals surface area contributed by atoms with Gasteiger partial charge in [-0.1, -0.05) is 26.8 Å². The molecule has 1 atom stereocenters. The molecule has 6 heteroatoms. The van der Waals surface area contributed by atoms with E-state index in [4.69, 9.17) is 5.73 Å². The van der Waals surface area contributed by atoms with Gasteiger partial charge in [0.05, 0.1) is 11.6 Å². The molecule has 0 radical (unpaired) electrons. The third kappa shape index (κ3) is 3.96. The topological polar surface area (TPSA) is 55.1 Å². The Morgan fingerprint density at radius 1 is 1.25 bits per heavy atom. The molecule has 0 fully saturated rings. The second kappa shape index (κ2) is 5.44. The summed E-state index contributed by atoms with van der Waals surface area (Å²) in [6, 6.07) is 2.41. The van der Waals surface area contributed by atoms with E-state index in [1.807, 2.05) is 0 Å². The fourth-order valence-corrected chi connectivity index (χ4v) is 1.54. The molecular formula is C14H19F3N2O. The predicted octanol–water partition coefficient (Wildman–Crippen LogP) is 3.33. The number of hydrogen-bond acceptors (Lipinski definition) is 2. The molecule has 0 saturated heterocycles. The maximum absolute atomic E-state index is 12.6. The van der Waals surface area contributed by atoms with Crippen LogP contribution in [0.2, 0.25) is 0 Å². The van der Waals surface area contributed by atoms with Crippen molar-refractivity contribution < 1.29 is 18.0 Å². The second-order valence-corrected chi connectivity index (χ2v) is 5.86. The van der Waals surface area contributed by atoms with Crippen LogP contribution in [0.1, 0.15) is 31.9 Å². The van der Waals surface area contributed by atoms with E-state index in [1.54, 1.807) is 27.7 Å². The van der Waals surface area contributed by atoms with Gasteiger partial charge in [0.15, 0.2) is 0 Å². The molecule has 3 nitrogen and oxygen atoms in total. The zero-order valence-electron chi connectivity index (χ0n) is 11.9. The van der Waals surface area contributed by atoms with Crippen molar-refractivity contribution in [1.29, 1.82) is 0 Å². The van der Waals surface area contributed by atoms with Crippen LogP contribution in [0.25, 0.3) is 0 Å². The first kappa shape index (κ1) is 16.5. The van der Waals surface area contributed by atoms with Crippen molar-refractivity contribution in [3.05, 3.63) is 29.3 Å². The summed E-state index contributed by atoms with van der Waals surface area (Å²) in [7, 11) is 0. The van der Waals surface area contributed by atoms with Crippen molar-refractivity contribution in [3.63, 3.8) is 0 Å². The number of benzene rings is 1. The van der Waals surface area contributed by atoms with E-state index in [1.165, 1.54) is 6.07 Å². The maximum Gasteiger partial charge on any atom is 0.416 e. The van der Waals surface area contributed by atoms with E-state index in [9.17, 15) is 18.0 Å². The minimum Gasteiger partial charge on any atom is -0.324 e. The first-order valence-electron chi connectivity index (χ1n) is 6.17. The van der Waals surface area contributed by atoms with Crippen LogP contribution < -0.4 is 11.1 Å². The predicted molar refractivity (Wildman–Crippen MR) is 72.2 cm³/mol. The number of hydrogen-bond donors (Lipinski definition) is 2. The molecule has 0 aliphatic carbocycles. The van der Waals surface area contributed by atoms with Gasteiger partial charge in [0.1, 0.15) is 0 Å². The first-order chi connectivity index (χ1) is 8.93. The zero-order valence-corrected chi connectivity index (χ0v) is 11.9. The van der Waals surface area contributed by atoms with E-state index < -0.39 is 29.1 Å². The molecule has 0 bridgehead atoms. The Labute approximate surface area is 116 Å². The number of carbonyl (C=O) groups excluding carboxylic acids is 1. The van der Waals surface area contributed by atoms with Crippen LogP contribution in [0.3, 0.4) is 0 Å². The SMILES string of the molecule is Cc1ccc(C(F)(F)F)cc1NC(=O)[C@H](N)C(C)(C)C. The summed E-state index contributed by atoms with van der Waals surface area (Å²) in [5.41, 5.74) is 5.18. The molecule has 0 heterocycles. The van der Waals surface area contributed by atoms with Gasteiger partial charge in [-0.25, -0.2) is 0 Å². The van der Waals surface area contributed by atoms with Crippen molar-refractivity contribution in [1.82, 2.24) is 0 Å². The molecule has 0 spiro atoms. The molecule has 0 unspecified atom stereocenters. The van der Waals surface area contributed by atoms with Crippen LogP contribution >= 0.6 is 0 Å². The highest BCUT2D eigenvalue weighted by atomic mass is 19.4. The van der Waals surface area contributed by atoms with E-state index >= 15 is 0 Å². The lowest BCUT2D eigenvalue weighted by Gasteiger charge is -2.26. The second-order valence-electron chi connectivity index (χ2n) is 5.86. The minimum absolute atomic E-state index is 0.129. The number of amides is 1. The summed E-state index contributed by atoms with van der Waals surface area (Å²) >= 11 is 0. The van der Waals surface area contributed by atoms with E-state index in [0.717, 1.165) is 12.1 Å². The average Bonchev–Trinajstić information content (AvgIpc) is 2.28. The molecule has 0 aliphatic heterocycles. The number of halogens is 3. The number of nitrogens with two attached hydrogens (primary N) is 1. The Balaban J connectivity index is 3.01. The van der Waals surface area contributed by atoms with Gasteiger partial charge in [0, 0.05) is 5.69 Å². The van der Waals surface area contributed by atoms with Gasteiger partial charge in [-0.15, -0.1) is 0 Å². The lowest BCUT2D eigenvalue weighted by Crippen LogP contribution is -2.45. The number of alkyl halides is 3. The largest absolute Gasteiger partial charge is 0.416 e. The molecule has 20 heavy (non-hydrogen) atoms. The number of carbonyl (C=O) groups is 1. The Kier molecular flexibility index (Phi) is 4.49. The van der Waals surface area contributed by atoms with Gasteiger partial charge < -0.3 is 11.1 Å². The smallest absolute Gasteiger partial charge is 0.324 e. The van der Waals surface area contributed by atoms with Gasteiger partial charge in [-0.3, -0.25) is 4.79 Å². The van der Waals surface area contributed by atoms with Crippen molar-refractivity contribution in [2.75, 3.05) is 5.32 Å². The summed E-state index contributed by atoms with van der Waals surface area (Å²) in [5.74, 6) is -0.500. The third-order valence-corrected chi connectivity index (χ3v) is 3.04. The lowest BCUT2D eigenvalue weighted by atomic mass is 9.87. The molecular weight excluding hydrogens is 269 g/mol. The van der Waals surface area contributed by atoms with Crippen molar-refractivity contribution in [2.45, 2.75) is 39.9 Å². The number of anilines is 1. The lowest BCUT2D eigenvalue weighted by molar-refractivity contribution is -0.137. The quantitative estimate of drug-likeness (QED) is 0.877. The number of nitrogens with one attached hydrogen (secondary N) is 1. The zero-order chi connectivity index (χ0) is 15.7. The summed E-state index contributed by atoms with van der Waals surface area (Å²) in [4.78, 5) is 12.0. The summed E-state index contributed by atoms with van der Waals surface area (Å²) < 4.78 is 37.9. The normalized spacial score (nSPS) is 14.0. The monoisotopic (exact) mass is 288 g/mol. The van der Waals surface area contributed by atoms with Crippen LogP contribution in [0.15, 0.2) is 18.2 Å². The minimum atomic E-state index is -4.45. The fraction of sp³-hybridized carbons (Fsp3) is 0.500. The van der Waals surface area contributed by atoms with E-state index in [-0.39, 0.29) is 5.69 Å². The Morgan fingerprint density at radius 2 is 1.80 bits per heavy atom. The Morgan fingerprint density at radius 3 is 2.25 bits per heavy atom. The number of rotatable bonds is 2. The fourth-order valence-electron chi connectivity index (χ4n) is 1.54. The molecule has 1 amide bonds. The molecule has 0 aromatic heterocycles. The summed E-state index contributed by atoms with van der Waals surface area (Å²) in [6.07, 6.45) is -4.45.